The summed E-state index contributed by atoms with van der Waals surface area (Å²) in [6.45, 7) is 6.65. The molecule has 1 heterocycles. The second-order valence-electron chi connectivity index (χ2n) is 4.92. The molecule has 1 aromatic rings. The maximum atomic E-state index is 8.72. The fraction of sp³-hybridized carbons (Fsp3) is 0.500. The maximum Gasteiger partial charge on any atom is 0.0868 e. The smallest absolute Gasteiger partial charge is 0.0868 e. The van der Waals surface area contributed by atoms with Crippen LogP contribution in [0.25, 0.3) is 0 Å². The Bertz CT molecular complexity index is 460. The van der Waals surface area contributed by atoms with Gasteiger partial charge in [0.15, 0.2) is 0 Å². The van der Waals surface area contributed by atoms with Crippen LogP contribution >= 0.6 is 11.6 Å². The molecular weight excluding hydrogens is 232 g/mol. The number of halogens is 1. The Hall–Kier alpha value is -1.04. The van der Waals surface area contributed by atoms with Gasteiger partial charge >= 0.3 is 0 Å². The van der Waals surface area contributed by atoms with Crippen molar-refractivity contribution >= 4 is 11.6 Å². The molecule has 0 saturated carbocycles. The van der Waals surface area contributed by atoms with Crippen molar-refractivity contribution in [3.05, 3.63) is 33.8 Å². The Morgan fingerprint density at radius 1 is 1.41 bits per heavy atom. The SMILES string of the molecule is CC(C)c1cc2c(cc1Cl)CN(CC#N)CC2. The number of hydrogen-bond donors (Lipinski definition) is 0. The van der Waals surface area contributed by atoms with Gasteiger partial charge in [0.05, 0.1) is 12.6 Å². The van der Waals surface area contributed by atoms with Crippen molar-refractivity contribution in [1.82, 2.24) is 4.90 Å². The molecule has 0 atom stereocenters. The summed E-state index contributed by atoms with van der Waals surface area (Å²) < 4.78 is 0. The first-order valence-electron chi connectivity index (χ1n) is 6.02. The number of nitrogens with zero attached hydrogens (tertiary/aromatic N) is 2. The van der Waals surface area contributed by atoms with E-state index in [0.717, 1.165) is 24.5 Å². The topological polar surface area (TPSA) is 27.0 Å². The van der Waals surface area contributed by atoms with Gasteiger partial charge < -0.3 is 0 Å². The van der Waals surface area contributed by atoms with Gasteiger partial charge in [0.2, 0.25) is 0 Å². The molecule has 3 heteroatoms. The van der Waals surface area contributed by atoms with Gasteiger partial charge in [-0.3, -0.25) is 4.90 Å². The zero-order chi connectivity index (χ0) is 12.4. The molecule has 0 radical (unpaired) electrons. The number of fused-ring (bicyclic) bond motifs is 1. The largest absolute Gasteiger partial charge is 0.286 e. The quantitative estimate of drug-likeness (QED) is 0.751. The number of benzene rings is 1. The summed E-state index contributed by atoms with van der Waals surface area (Å²) in [6, 6.07) is 6.53. The monoisotopic (exact) mass is 248 g/mol. The van der Waals surface area contributed by atoms with Crippen molar-refractivity contribution < 1.29 is 0 Å². The highest BCUT2D eigenvalue weighted by Gasteiger charge is 2.18. The van der Waals surface area contributed by atoms with Crippen LogP contribution in [0.2, 0.25) is 5.02 Å². The van der Waals surface area contributed by atoms with Gasteiger partial charge in [0.25, 0.3) is 0 Å². The highest BCUT2D eigenvalue weighted by molar-refractivity contribution is 6.31. The summed E-state index contributed by atoms with van der Waals surface area (Å²) in [5, 5.41) is 9.58. The van der Waals surface area contributed by atoms with E-state index >= 15 is 0 Å². The predicted molar refractivity (Wildman–Crippen MR) is 70.1 cm³/mol. The molecular formula is C14H17ClN2. The molecule has 0 bridgehead atoms. The van der Waals surface area contributed by atoms with E-state index in [2.05, 4.69) is 36.9 Å². The van der Waals surface area contributed by atoms with Crippen LogP contribution in [-0.2, 0) is 13.0 Å². The third-order valence-corrected chi connectivity index (χ3v) is 3.65. The van der Waals surface area contributed by atoms with Crippen LogP contribution in [0.3, 0.4) is 0 Å². The van der Waals surface area contributed by atoms with Gasteiger partial charge in [-0.25, -0.2) is 0 Å². The third-order valence-electron chi connectivity index (χ3n) is 3.33. The molecule has 2 rings (SSSR count). The minimum atomic E-state index is 0.463. The lowest BCUT2D eigenvalue weighted by Gasteiger charge is -2.27. The van der Waals surface area contributed by atoms with E-state index in [4.69, 9.17) is 16.9 Å². The lowest BCUT2D eigenvalue weighted by Crippen LogP contribution is -2.30. The lowest BCUT2D eigenvalue weighted by atomic mass is 9.93. The Morgan fingerprint density at radius 2 is 2.18 bits per heavy atom. The normalized spacial score (nSPS) is 15.7. The standard InChI is InChI=1S/C14H17ClN2/c1-10(2)13-7-11-3-5-17(6-4-16)9-12(11)8-14(13)15/h7-8,10H,3,5-6,9H2,1-2H3. The van der Waals surface area contributed by atoms with Crippen molar-refractivity contribution in [1.29, 1.82) is 5.26 Å². The average molecular weight is 249 g/mol. The fourth-order valence-electron chi connectivity index (χ4n) is 2.33. The van der Waals surface area contributed by atoms with Crippen molar-refractivity contribution in [3.8, 4) is 6.07 Å². The summed E-state index contributed by atoms with van der Waals surface area (Å²) in [7, 11) is 0. The molecule has 0 unspecified atom stereocenters. The summed E-state index contributed by atoms with van der Waals surface area (Å²) in [5.74, 6) is 0.463. The van der Waals surface area contributed by atoms with Crippen molar-refractivity contribution in [3.63, 3.8) is 0 Å². The zero-order valence-electron chi connectivity index (χ0n) is 10.3. The van der Waals surface area contributed by atoms with E-state index in [1.54, 1.807) is 0 Å². The summed E-state index contributed by atoms with van der Waals surface area (Å²) >= 11 is 6.30. The minimum absolute atomic E-state index is 0.463. The van der Waals surface area contributed by atoms with Gasteiger partial charge in [-0.15, -0.1) is 0 Å². The molecule has 1 aromatic carbocycles. The Balaban J connectivity index is 2.29. The van der Waals surface area contributed by atoms with Gasteiger partial charge in [0.1, 0.15) is 0 Å². The molecule has 90 valence electrons. The van der Waals surface area contributed by atoms with Crippen LogP contribution in [0, 0.1) is 11.3 Å². The average Bonchev–Trinajstić information content (AvgIpc) is 2.28. The lowest BCUT2D eigenvalue weighted by molar-refractivity contribution is 0.285. The van der Waals surface area contributed by atoms with Crippen molar-refractivity contribution in [2.24, 2.45) is 0 Å². The highest BCUT2D eigenvalue weighted by Crippen LogP contribution is 2.30. The van der Waals surface area contributed by atoms with E-state index in [-0.39, 0.29) is 0 Å². The molecule has 0 saturated heterocycles. The van der Waals surface area contributed by atoms with Crippen molar-refractivity contribution in [2.45, 2.75) is 32.7 Å². The first-order valence-corrected chi connectivity index (χ1v) is 6.40. The van der Waals surface area contributed by atoms with Crippen LogP contribution in [0.5, 0.6) is 0 Å². The van der Waals surface area contributed by atoms with E-state index < -0.39 is 0 Å². The molecule has 0 spiro atoms. The van der Waals surface area contributed by atoms with E-state index in [1.807, 2.05) is 0 Å². The minimum Gasteiger partial charge on any atom is -0.286 e. The van der Waals surface area contributed by atoms with Crippen LogP contribution in [0.1, 0.15) is 36.5 Å². The maximum absolute atomic E-state index is 8.72. The molecule has 0 amide bonds. The van der Waals surface area contributed by atoms with Crippen molar-refractivity contribution in [2.75, 3.05) is 13.1 Å². The summed E-state index contributed by atoms with van der Waals surface area (Å²) in [5.41, 5.74) is 3.91. The Labute approximate surface area is 108 Å². The summed E-state index contributed by atoms with van der Waals surface area (Å²) in [6.07, 6.45) is 1.02. The van der Waals surface area contributed by atoms with E-state index in [1.165, 1.54) is 16.7 Å². The van der Waals surface area contributed by atoms with Crippen LogP contribution in [0.4, 0.5) is 0 Å². The molecule has 0 aliphatic carbocycles. The highest BCUT2D eigenvalue weighted by atomic mass is 35.5. The first-order chi connectivity index (χ1) is 8.11. The van der Waals surface area contributed by atoms with Gasteiger partial charge in [-0.2, -0.15) is 5.26 Å². The van der Waals surface area contributed by atoms with Gasteiger partial charge in [-0.05, 0) is 35.1 Å². The van der Waals surface area contributed by atoms with Crippen LogP contribution in [-0.4, -0.2) is 18.0 Å². The molecule has 0 fully saturated rings. The van der Waals surface area contributed by atoms with E-state index in [0.29, 0.717) is 12.5 Å². The van der Waals surface area contributed by atoms with Crippen LogP contribution in [0.15, 0.2) is 12.1 Å². The third kappa shape index (κ3) is 2.62. The molecule has 17 heavy (non-hydrogen) atoms. The van der Waals surface area contributed by atoms with Crippen LogP contribution < -0.4 is 0 Å². The molecule has 1 aliphatic rings. The molecule has 0 N–H and O–H groups in total. The zero-order valence-corrected chi connectivity index (χ0v) is 11.1. The van der Waals surface area contributed by atoms with Gasteiger partial charge in [-0.1, -0.05) is 31.5 Å². The first kappa shape index (κ1) is 12.4. The molecule has 0 aromatic heterocycles. The number of nitriles is 1. The number of hydrogen-bond acceptors (Lipinski definition) is 2. The molecule has 1 aliphatic heterocycles. The number of rotatable bonds is 2. The Morgan fingerprint density at radius 3 is 2.82 bits per heavy atom. The van der Waals surface area contributed by atoms with E-state index in [9.17, 15) is 0 Å². The second-order valence-corrected chi connectivity index (χ2v) is 5.32. The Kier molecular flexibility index (Phi) is 3.71. The van der Waals surface area contributed by atoms with Gasteiger partial charge in [0, 0.05) is 18.1 Å². The second kappa shape index (κ2) is 5.08. The molecule has 2 nitrogen and oxygen atoms in total. The predicted octanol–water partition coefficient (Wildman–Crippen LogP) is 3.35. The summed E-state index contributed by atoms with van der Waals surface area (Å²) in [4.78, 5) is 2.16. The fourth-order valence-corrected chi connectivity index (χ4v) is 2.74.